The van der Waals surface area contributed by atoms with Gasteiger partial charge in [-0.2, -0.15) is 5.10 Å². The molecule has 0 fully saturated rings. The second kappa shape index (κ2) is 4.14. The van der Waals surface area contributed by atoms with E-state index in [4.69, 9.17) is 16.8 Å². The van der Waals surface area contributed by atoms with Crippen LogP contribution in [-0.2, 0) is 0 Å². The van der Waals surface area contributed by atoms with E-state index in [0.29, 0.717) is 0 Å². The zero-order valence-electron chi connectivity index (χ0n) is 7.03. The Hall–Kier alpha value is -2.22. The van der Waals surface area contributed by atoms with Gasteiger partial charge in [-0.15, -0.1) is 0 Å². The lowest BCUT2D eigenvalue weighted by atomic mass is 10.4. The topological polar surface area (TPSA) is 131 Å². The Morgan fingerprint density at radius 2 is 2.29 bits per heavy atom. The molecule has 0 spiro atoms. The lowest BCUT2D eigenvalue weighted by Gasteiger charge is -2.09. The molecule has 8 nitrogen and oxygen atoms in total. The van der Waals surface area contributed by atoms with E-state index < -0.39 is 5.97 Å². The Labute approximate surface area is 78.8 Å². The summed E-state index contributed by atoms with van der Waals surface area (Å²) in [5, 5.41) is 12.7. The molecular weight excluding hydrogens is 188 g/mol. The van der Waals surface area contributed by atoms with Crippen LogP contribution < -0.4 is 16.7 Å². The third kappa shape index (κ3) is 2.14. The van der Waals surface area contributed by atoms with Gasteiger partial charge in [0.15, 0.2) is 11.5 Å². The zero-order valence-corrected chi connectivity index (χ0v) is 7.03. The van der Waals surface area contributed by atoms with Gasteiger partial charge in [-0.05, 0) is 0 Å². The van der Waals surface area contributed by atoms with E-state index in [9.17, 15) is 4.79 Å². The Morgan fingerprint density at radius 1 is 1.57 bits per heavy atom. The number of carbonyl (C=O) groups is 1. The summed E-state index contributed by atoms with van der Waals surface area (Å²) in [6.07, 6.45) is 3.40. The highest BCUT2D eigenvalue weighted by Crippen LogP contribution is 2.02. The molecule has 0 aromatic carbocycles. The standard InChI is InChI=1S/C6H8N6O2/c7-11-3-12(8)5-2-9-4(1-10-5)6(13)14/h1-3H,7-8H2,(H,13,14)/b11-3-. The maximum Gasteiger partial charge on any atom is 0.356 e. The van der Waals surface area contributed by atoms with Gasteiger partial charge in [-0.25, -0.2) is 25.6 Å². The predicted molar refractivity (Wildman–Crippen MR) is 48.3 cm³/mol. The number of hydrogen-bond acceptors (Lipinski definition) is 6. The fourth-order valence-corrected chi connectivity index (χ4v) is 0.696. The maximum absolute atomic E-state index is 10.4. The minimum Gasteiger partial charge on any atom is -0.476 e. The highest BCUT2D eigenvalue weighted by molar-refractivity contribution is 5.85. The van der Waals surface area contributed by atoms with Gasteiger partial charge in [-0.3, -0.25) is 0 Å². The van der Waals surface area contributed by atoms with Crippen LogP contribution in [0.2, 0.25) is 0 Å². The lowest BCUT2D eigenvalue weighted by molar-refractivity contribution is 0.0690. The van der Waals surface area contributed by atoms with Gasteiger partial charge < -0.3 is 10.9 Å². The van der Waals surface area contributed by atoms with Crippen LogP contribution in [-0.4, -0.2) is 27.4 Å². The van der Waals surface area contributed by atoms with Crippen molar-refractivity contribution in [2.24, 2.45) is 16.8 Å². The van der Waals surface area contributed by atoms with E-state index in [2.05, 4.69) is 15.1 Å². The molecule has 1 aromatic rings. The van der Waals surface area contributed by atoms with Crippen molar-refractivity contribution in [1.82, 2.24) is 9.97 Å². The van der Waals surface area contributed by atoms with Crippen LogP contribution in [0.3, 0.4) is 0 Å². The molecule has 0 amide bonds. The average molecular weight is 196 g/mol. The number of nitrogens with two attached hydrogens (primary N) is 2. The molecule has 0 unspecified atom stereocenters. The van der Waals surface area contributed by atoms with Crippen LogP contribution in [0, 0.1) is 0 Å². The minimum absolute atomic E-state index is 0.160. The third-order valence-corrected chi connectivity index (χ3v) is 1.31. The van der Waals surface area contributed by atoms with Gasteiger partial charge in [-0.1, -0.05) is 0 Å². The third-order valence-electron chi connectivity index (χ3n) is 1.31. The zero-order chi connectivity index (χ0) is 10.6. The summed E-state index contributed by atoms with van der Waals surface area (Å²) in [4.78, 5) is 17.7. The van der Waals surface area contributed by atoms with Crippen molar-refractivity contribution in [2.75, 3.05) is 5.01 Å². The first-order chi connectivity index (χ1) is 6.65. The fourth-order valence-electron chi connectivity index (χ4n) is 0.696. The van der Waals surface area contributed by atoms with Crippen LogP contribution in [0.25, 0.3) is 0 Å². The first-order valence-electron chi connectivity index (χ1n) is 3.48. The largest absolute Gasteiger partial charge is 0.476 e. The number of rotatable bonds is 3. The Balaban J connectivity index is 2.88. The normalized spacial score (nSPS) is 10.4. The molecule has 0 radical (unpaired) electrons. The predicted octanol–water partition coefficient (Wildman–Crippen LogP) is -1.24. The van der Waals surface area contributed by atoms with E-state index in [-0.39, 0.29) is 11.5 Å². The van der Waals surface area contributed by atoms with Crippen molar-refractivity contribution in [1.29, 1.82) is 0 Å². The van der Waals surface area contributed by atoms with Crippen LogP contribution in [0.1, 0.15) is 10.5 Å². The molecule has 74 valence electrons. The Morgan fingerprint density at radius 3 is 2.71 bits per heavy atom. The number of carboxylic acids is 1. The van der Waals surface area contributed by atoms with Gasteiger partial charge in [0.25, 0.3) is 0 Å². The second-order valence-corrected chi connectivity index (χ2v) is 2.24. The summed E-state index contributed by atoms with van der Waals surface area (Å²) in [7, 11) is 0. The molecule has 0 aliphatic carbocycles. The molecule has 1 rings (SSSR count). The summed E-state index contributed by atoms with van der Waals surface area (Å²) in [6, 6.07) is 0. The molecule has 8 heteroatoms. The van der Waals surface area contributed by atoms with Crippen molar-refractivity contribution in [3.8, 4) is 0 Å². The average Bonchev–Trinajstić information content (AvgIpc) is 2.18. The lowest BCUT2D eigenvalue weighted by Crippen LogP contribution is -2.30. The van der Waals surface area contributed by atoms with E-state index in [1.54, 1.807) is 0 Å². The molecule has 5 N–H and O–H groups in total. The summed E-state index contributed by atoms with van der Waals surface area (Å²) in [6.45, 7) is 0. The fraction of sp³-hybridized carbons (Fsp3) is 0. The van der Waals surface area contributed by atoms with Gasteiger partial charge in [0.2, 0.25) is 0 Å². The highest BCUT2D eigenvalue weighted by Gasteiger charge is 2.06. The monoisotopic (exact) mass is 196 g/mol. The molecular formula is C6H8N6O2. The van der Waals surface area contributed by atoms with Crippen molar-refractivity contribution >= 4 is 18.1 Å². The molecule has 0 bridgehead atoms. The van der Waals surface area contributed by atoms with Gasteiger partial charge >= 0.3 is 5.97 Å². The number of nitrogens with zero attached hydrogens (tertiary/aromatic N) is 4. The number of anilines is 1. The second-order valence-electron chi connectivity index (χ2n) is 2.24. The Bertz CT molecular complexity index is 348. The molecule has 0 saturated carbocycles. The summed E-state index contributed by atoms with van der Waals surface area (Å²) in [5.41, 5.74) is -0.160. The number of carboxylic acid groups (broad SMARTS) is 1. The molecule has 0 aliphatic heterocycles. The minimum atomic E-state index is -1.15. The van der Waals surface area contributed by atoms with E-state index >= 15 is 0 Å². The molecule has 1 aromatic heterocycles. The number of aromatic carboxylic acids is 1. The highest BCUT2D eigenvalue weighted by atomic mass is 16.4. The van der Waals surface area contributed by atoms with Crippen molar-refractivity contribution in [3.05, 3.63) is 18.1 Å². The number of hydrogen-bond donors (Lipinski definition) is 3. The molecule has 0 saturated heterocycles. The van der Waals surface area contributed by atoms with Gasteiger partial charge in [0.1, 0.15) is 6.34 Å². The number of hydrazone groups is 1. The van der Waals surface area contributed by atoms with Crippen LogP contribution >= 0.6 is 0 Å². The van der Waals surface area contributed by atoms with Crippen molar-refractivity contribution in [2.45, 2.75) is 0 Å². The van der Waals surface area contributed by atoms with E-state index in [0.717, 1.165) is 17.5 Å². The van der Waals surface area contributed by atoms with E-state index in [1.165, 1.54) is 6.20 Å². The van der Waals surface area contributed by atoms with Gasteiger partial charge in [0, 0.05) is 0 Å². The van der Waals surface area contributed by atoms with Gasteiger partial charge in [0.05, 0.1) is 12.4 Å². The number of hydrazine groups is 1. The molecule has 0 aliphatic rings. The van der Waals surface area contributed by atoms with Crippen molar-refractivity contribution < 1.29 is 9.90 Å². The van der Waals surface area contributed by atoms with Crippen molar-refractivity contribution in [3.63, 3.8) is 0 Å². The summed E-state index contributed by atoms with van der Waals surface area (Å²) < 4.78 is 0. The molecule has 1 heterocycles. The van der Waals surface area contributed by atoms with Crippen LogP contribution in [0.4, 0.5) is 5.82 Å². The SMILES string of the molecule is N/N=C\N(N)c1cnc(C(=O)O)cn1. The maximum atomic E-state index is 10.4. The quantitative estimate of drug-likeness (QED) is 0.238. The smallest absolute Gasteiger partial charge is 0.356 e. The van der Waals surface area contributed by atoms with Crippen LogP contribution in [0.15, 0.2) is 17.5 Å². The number of aromatic nitrogens is 2. The summed E-state index contributed by atoms with van der Waals surface area (Å²) >= 11 is 0. The molecule has 14 heavy (non-hydrogen) atoms. The Kier molecular flexibility index (Phi) is 2.92. The van der Waals surface area contributed by atoms with E-state index in [1.807, 2.05) is 0 Å². The van der Waals surface area contributed by atoms with Crippen LogP contribution in [0.5, 0.6) is 0 Å². The molecule has 0 atom stereocenters. The first-order valence-corrected chi connectivity index (χ1v) is 3.48. The first kappa shape index (κ1) is 9.86. The summed E-state index contributed by atoms with van der Waals surface area (Å²) in [5.74, 6) is 9.32.